The van der Waals surface area contributed by atoms with Crippen LogP contribution in [0.4, 0.5) is 0 Å². The van der Waals surface area contributed by atoms with Crippen molar-refractivity contribution in [3.63, 3.8) is 0 Å². The van der Waals surface area contributed by atoms with Gasteiger partial charge >= 0.3 is 17.4 Å². The molecule has 1 fully saturated rings. The smallest absolute Gasteiger partial charge is 0.507 e. The van der Waals surface area contributed by atoms with Crippen molar-refractivity contribution in [2.75, 3.05) is 14.2 Å². The molecule has 0 amide bonds. The number of aliphatic imine (C=N–C) groups is 2. The van der Waals surface area contributed by atoms with E-state index in [0.29, 0.717) is 22.6 Å². The molecule has 6 nitrogen and oxygen atoms in total. The van der Waals surface area contributed by atoms with Crippen molar-refractivity contribution in [3.05, 3.63) is 46.5 Å². The second-order valence-corrected chi connectivity index (χ2v) is 11.7. The molecule has 1 aliphatic carbocycles. The third-order valence-electron chi connectivity index (χ3n) is 6.82. The van der Waals surface area contributed by atoms with Gasteiger partial charge < -0.3 is 19.7 Å². The molecule has 0 aromatic heterocycles. The Bertz CT molecular complexity index is 1040. The molecule has 0 heterocycles. The summed E-state index contributed by atoms with van der Waals surface area (Å²) in [6, 6.07) is 7.39. The molecule has 0 unspecified atom stereocenters. The van der Waals surface area contributed by atoms with E-state index in [1.165, 1.54) is 0 Å². The summed E-state index contributed by atoms with van der Waals surface area (Å²) in [5, 5.41) is 21.9. The van der Waals surface area contributed by atoms with Gasteiger partial charge in [0.1, 0.15) is 23.0 Å². The molecule has 0 aliphatic heterocycles. The van der Waals surface area contributed by atoms with E-state index < -0.39 is 0 Å². The molecule has 2 atom stereocenters. The molecule has 0 spiro atoms. The van der Waals surface area contributed by atoms with Gasteiger partial charge in [0.15, 0.2) is 0 Å². The van der Waals surface area contributed by atoms with Crippen molar-refractivity contribution in [1.29, 1.82) is 0 Å². The molecule has 2 N–H and O–H groups in total. The van der Waals surface area contributed by atoms with Crippen molar-refractivity contribution in [1.82, 2.24) is 0 Å². The van der Waals surface area contributed by atoms with E-state index in [4.69, 9.17) is 19.5 Å². The van der Waals surface area contributed by atoms with Crippen LogP contribution in [0.5, 0.6) is 23.0 Å². The fraction of sp³-hybridized carbons (Fsp3) is 0.533. The SMILES string of the molecule is COc1cc(C=N[C@@H]2CCCC[C@H]2N=Cc2cc(OC)cc(C(C)(C)C)c2O)c(O)c(C(C)(C)C)c1.[Cr+3]. The number of ether oxygens (including phenoxy) is 2. The van der Waals surface area contributed by atoms with Crippen LogP contribution < -0.4 is 9.47 Å². The Morgan fingerprint density at radius 1 is 0.703 bits per heavy atom. The predicted molar refractivity (Wildman–Crippen MR) is 148 cm³/mol. The Morgan fingerprint density at radius 2 is 1.05 bits per heavy atom. The van der Waals surface area contributed by atoms with Crippen LogP contribution in [0.25, 0.3) is 0 Å². The summed E-state index contributed by atoms with van der Waals surface area (Å²) in [6.45, 7) is 12.4. The molecule has 0 bridgehead atoms. The maximum absolute atomic E-state index is 10.9. The first-order valence-electron chi connectivity index (χ1n) is 12.7. The molecule has 2 aromatic rings. The summed E-state index contributed by atoms with van der Waals surface area (Å²) in [4.78, 5) is 9.76. The number of benzene rings is 2. The van der Waals surface area contributed by atoms with E-state index in [1.807, 2.05) is 24.3 Å². The van der Waals surface area contributed by atoms with Crippen LogP contribution in [0.1, 0.15) is 89.5 Å². The van der Waals surface area contributed by atoms with Gasteiger partial charge in [0.25, 0.3) is 0 Å². The van der Waals surface area contributed by atoms with E-state index in [2.05, 4.69) is 41.5 Å². The van der Waals surface area contributed by atoms with Gasteiger partial charge in [-0.1, -0.05) is 54.4 Å². The van der Waals surface area contributed by atoms with Crippen LogP contribution in [-0.2, 0) is 28.2 Å². The molecular formula is C30H42CrN2O4+3. The molecule has 199 valence electrons. The Hall–Kier alpha value is -2.49. The molecule has 0 saturated heterocycles. The minimum Gasteiger partial charge on any atom is -0.507 e. The van der Waals surface area contributed by atoms with Crippen molar-refractivity contribution < 1.29 is 37.0 Å². The van der Waals surface area contributed by atoms with Gasteiger partial charge in [-0.25, -0.2) is 0 Å². The molecular weight excluding hydrogens is 504 g/mol. The fourth-order valence-corrected chi connectivity index (χ4v) is 4.63. The molecule has 2 aromatic carbocycles. The van der Waals surface area contributed by atoms with Crippen LogP contribution in [-0.4, -0.2) is 48.9 Å². The van der Waals surface area contributed by atoms with Crippen LogP contribution >= 0.6 is 0 Å². The van der Waals surface area contributed by atoms with Gasteiger partial charge in [0.05, 0.1) is 26.3 Å². The van der Waals surface area contributed by atoms with Crippen molar-refractivity contribution in [2.45, 2.75) is 90.1 Å². The monoisotopic (exact) mass is 546 g/mol. The van der Waals surface area contributed by atoms with Crippen LogP contribution in [0.15, 0.2) is 34.3 Å². The van der Waals surface area contributed by atoms with Crippen LogP contribution in [0, 0.1) is 0 Å². The number of hydrogen-bond donors (Lipinski definition) is 2. The predicted octanol–water partition coefficient (Wildman–Crippen LogP) is 6.56. The van der Waals surface area contributed by atoms with Gasteiger partial charge in [0.2, 0.25) is 0 Å². The van der Waals surface area contributed by atoms with Crippen molar-refractivity contribution in [3.8, 4) is 23.0 Å². The number of methoxy groups -OCH3 is 2. The minimum atomic E-state index is -0.233. The quantitative estimate of drug-likeness (QED) is 0.402. The molecule has 1 saturated carbocycles. The largest absolute Gasteiger partial charge is 3.00 e. The summed E-state index contributed by atoms with van der Waals surface area (Å²) in [5.41, 5.74) is 2.47. The van der Waals surface area contributed by atoms with Gasteiger partial charge in [0, 0.05) is 34.7 Å². The summed E-state index contributed by atoms with van der Waals surface area (Å²) in [5.74, 6) is 1.86. The van der Waals surface area contributed by atoms with Gasteiger partial charge in [-0.3, -0.25) is 9.98 Å². The number of hydrogen-bond acceptors (Lipinski definition) is 6. The zero-order valence-electron chi connectivity index (χ0n) is 23.5. The normalized spacial score (nSPS) is 18.7. The second-order valence-electron chi connectivity index (χ2n) is 11.7. The standard InChI is InChI=1S/C30H42N2O4.Cr/c1-29(2,3)23-15-21(35-7)13-19(27(23)33)17-31-25-11-9-10-12-26(25)32-18-20-14-22(36-8)16-24(28(20)34)30(4,5)6;/h13-18,25-26,33-34H,9-12H2,1-8H3;/q;+3/t25-,26-;/m1./s1. The maximum atomic E-state index is 10.9. The zero-order valence-corrected chi connectivity index (χ0v) is 24.7. The van der Waals surface area contributed by atoms with E-state index in [9.17, 15) is 10.2 Å². The molecule has 7 heteroatoms. The van der Waals surface area contributed by atoms with Crippen molar-refractivity contribution >= 4 is 12.4 Å². The van der Waals surface area contributed by atoms with E-state index in [-0.39, 0.29) is 51.8 Å². The van der Waals surface area contributed by atoms with Crippen molar-refractivity contribution in [2.24, 2.45) is 9.98 Å². The first kappa shape index (κ1) is 30.7. The summed E-state index contributed by atoms with van der Waals surface area (Å²) in [7, 11) is 3.26. The van der Waals surface area contributed by atoms with E-state index in [1.54, 1.807) is 26.6 Å². The van der Waals surface area contributed by atoms with Crippen LogP contribution in [0.3, 0.4) is 0 Å². The summed E-state index contributed by atoms with van der Waals surface area (Å²) < 4.78 is 11.0. The first-order valence-corrected chi connectivity index (χ1v) is 12.7. The Kier molecular flexibility index (Phi) is 10.3. The van der Waals surface area contributed by atoms with E-state index >= 15 is 0 Å². The molecule has 3 rings (SSSR count). The zero-order chi connectivity index (χ0) is 26.7. The van der Waals surface area contributed by atoms with Gasteiger partial charge in [-0.2, -0.15) is 0 Å². The van der Waals surface area contributed by atoms with Gasteiger partial charge in [-0.15, -0.1) is 0 Å². The Morgan fingerprint density at radius 3 is 1.35 bits per heavy atom. The van der Waals surface area contributed by atoms with Gasteiger partial charge in [-0.05, 0) is 47.9 Å². The maximum Gasteiger partial charge on any atom is 3.00 e. The number of phenols is 2. The first-order chi connectivity index (χ1) is 16.8. The Balaban J connectivity index is 0.00000481. The number of aromatic hydroxyl groups is 2. The van der Waals surface area contributed by atoms with Crippen LogP contribution in [0.2, 0.25) is 0 Å². The average Bonchev–Trinajstić information content (AvgIpc) is 2.81. The summed E-state index contributed by atoms with van der Waals surface area (Å²) >= 11 is 0. The van der Waals surface area contributed by atoms with E-state index in [0.717, 1.165) is 36.8 Å². The molecule has 1 aliphatic rings. The summed E-state index contributed by atoms with van der Waals surface area (Å²) in [6.07, 6.45) is 7.53. The third-order valence-corrected chi connectivity index (χ3v) is 6.82. The third kappa shape index (κ3) is 7.52. The number of nitrogens with zero attached hydrogens (tertiary/aromatic N) is 2. The molecule has 1 radical (unpaired) electrons. The average molecular weight is 547 g/mol. The Labute approximate surface area is 233 Å². The minimum absolute atomic E-state index is 0. The molecule has 37 heavy (non-hydrogen) atoms. The number of rotatable bonds is 6. The second kappa shape index (κ2) is 12.4. The number of phenolic OH excluding ortho intramolecular Hbond substituents is 2. The topological polar surface area (TPSA) is 83.6 Å². The fourth-order valence-electron chi connectivity index (χ4n) is 4.63.